The molecule has 0 saturated carbocycles. The molecular weight excluding hydrogens is 216 g/mol. The first-order chi connectivity index (χ1) is 8.18. The van der Waals surface area contributed by atoms with Crippen LogP contribution in [0.5, 0.6) is 0 Å². The van der Waals surface area contributed by atoms with Crippen LogP contribution in [0.3, 0.4) is 0 Å². The third-order valence-electron chi connectivity index (χ3n) is 3.34. The molecule has 1 heterocycles. The summed E-state index contributed by atoms with van der Waals surface area (Å²) >= 11 is 0. The summed E-state index contributed by atoms with van der Waals surface area (Å²) in [6.45, 7) is 5.02. The fourth-order valence-corrected chi connectivity index (χ4v) is 2.22. The maximum atomic E-state index is 10.9. The van der Waals surface area contributed by atoms with E-state index in [1.165, 1.54) is 0 Å². The van der Waals surface area contributed by atoms with Gasteiger partial charge in [-0.05, 0) is 23.6 Å². The van der Waals surface area contributed by atoms with Crippen LogP contribution in [0.25, 0.3) is 0 Å². The molecule has 0 bridgehead atoms. The second kappa shape index (κ2) is 5.29. The van der Waals surface area contributed by atoms with E-state index in [-0.39, 0.29) is 0 Å². The van der Waals surface area contributed by atoms with Crippen molar-refractivity contribution in [1.82, 2.24) is 10.6 Å². The van der Waals surface area contributed by atoms with Crippen molar-refractivity contribution in [3.63, 3.8) is 0 Å². The fraction of sp³-hybridized carbons (Fsp3) is 0.462. The third kappa shape index (κ3) is 2.84. The topological polar surface area (TPSA) is 61.4 Å². The quantitative estimate of drug-likeness (QED) is 0.731. The molecule has 0 spiro atoms. The van der Waals surface area contributed by atoms with Gasteiger partial charge in [-0.25, -0.2) is 4.79 Å². The van der Waals surface area contributed by atoms with Crippen molar-refractivity contribution in [2.45, 2.75) is 18.9 Å². The predicted octanol–water partition coefficient (Wildman–Crippen LogP) is 1.05. The predicted molar refractivity (Wildman–Crippen MR) is 66.5 cm³/mol. The molecule has 4 nitrogen and oxygen atoms in total. The Balaban J connectivity index is 2.14. The zero-order chi connectivity index (χ0) is 12.3. The van der Waals surface area contributed by atoms with Crippen LogP contribution in [0, 0.1) is 0 Å². The zero-order valence-corrected chi connectivity index (χ0v) is 9.94. The van der Waals surface area contributed by atoms with Crippen LogP contribution in [-0.4, -0.2) is 36.8 Å². The summed E-state index contributed by atoms with van der Waals surface area (Å²) in [7, 11) is 0. The minimum absolute atomic E-state index is 0.307. The normalized spacial score (nSPS) is 22.1. The van der Waals surface area contributed by atoms with Crippen LogP contribution in [0.15, 0.2) is 24.3 Å². The Kier molecular flexibility index (Phi) is 3.76. The summed E-state index contributed by atoms with van der Waals surface area (Å²) < 4.78 is 0. The van der Waals surface area contributed by atoms with Crippen LogP contribution in [0.2, 0.25) is 0 Å². The Morgan fingerprint density at radius 1 is 1.47 bits per heavy atom. The van der Waals surface area contributed by atoms with E-state index in [1.54, 1.807) is 12.1 Å². The summed E-state index contributed by atoms with van der Waals surface area (Å²) in [6.07, 6.45) is 0. The molecule has 1 aromatic rings. The first-order valence-electron chi connectivity index (χ1n) is 5.96. The molecule has 1 aromatic carbocycles. The second-order valence-electron chi connectivity index (χ2n) is 4.48. The van der Waals surface area contributed by atoms with Crippen molar-refractivity contribution in [2.24, 2.45) is 0 Å². The lowest BCUT2D eigenvalue weighted by molar-refractivity contribution is 0.0696. The smallest absolute Gasteiger partial charge is 0.335 e. The first kappa shape index (κ1) is 12.1. The van der Waals surface area contributed by atoms with Crippen molar-refractivity contribution in [3.05, 3.63) is 35.4 Å². The Morgan fingerprint density at radius 3 is 2.94 bits per heavy atom. The van der Waals surface area contributed by atoms with Crippen LogP contribution < -0.4 is 10.6 Å². The van der Waals surface area contributed by atoms with Crippen LogP contribution in [0.1, 0.15) is 28.8 Å². The molecule has 1 aliphatic heterocycles. The number of piperazine rings is 1. The molecule has 0 amide bonds. The molecule has 1 aliphatic rings. The minimum atomic E-state index is -0.867. The van der Waals surface area contributed by atoms with Gasteiger partial charge in [-0.15, -0.1) is 0 Å². The van der Waals surface area contributed by atoms with E-state index >= 15 is 0 Å². The number of aromatic carboxylic acids is 1. The number of hydrogen-bond acceptors (Lipinski definition) is 3. The van der Waals surface area contributed by atoms with Gasteiger partial charge < -0.3 is 15.7 Å². The van der Waals surface area contributed by atoms with Gasteiger partial charge in [0.2, 0.25) is 0 Å². The van der Waals surface area contributed by atoms with Crippen molar-refractivity contribution in [3.8, 4) is 0 Å². The summed E-state index contributed by atoms with van der Waals surface area (Å²) in [6, 6.07) is 7.57. The molecule has 0 aromatic heterocycles. The number of carboxylic acids is 1. The molecule has 17 heavy (non-hydrogen) atoms. The van der Waals surface area contributed by atoms with Gasteiger partial charge in [-0.3, -0.25) is 0 Å². The molecule has 1 unspecified atom stereocenters. The average Bonchev–Trinajstić information content (AvgIpc) is 2.39. The maximum absolute atomic E-state index is 10.9. The van der Waals surface area contributed by atoms with Crippen molar-refractivity contribution >= 4 is 5.97 Å². The molecule has 0 aliphatic carbocycles. The summed E-state index contributed by atoms with van der Waals surface area (Å²) in [5.41, 5.74) is 1.43. The van der Waals surface area contributed by atoms with Gasteiger partial charge in [0, 0.05) is 25.7 Å². The van der Waals surface area contributed by atoms with Gasteiger partial charge in [0.1, 0.15) is 0 Å². The highest BCUT2D eigenvalue weighted by Crippen LogP contribution is 2.20. The molecule has 92 valence electrons. The first-order valence-corrected chi connectivity index (χ1v) is 5.96. The maximum Gasteiger partial charge on any atom is 0.335 e. The summed E-state index contributed by atoms with van der Waals surface area (Å²) in [5.74, 6) is -0.559. The fourth-order valence-electron chi connectivity index (χ4n) is 2.22. The Bertz CT molecular complexity index is 400. The second-order valence-corrected chi connectivity index (χ2v) is 4.48. The zero-order valence-electron chi connectivity index (χ0n) is 9.94. The van der Waals surface area contributed by atoms with E-state index in [4.69, 9.17) is 5.11 Å². The van der Waals surface area contributed by atoms with Crippen molar-refractivity contribution < 1.29 is 9.90 Å². The molecule has 1 saturated heterocycles. The Labute approximate surface area is 101 Å². The van der Waals surface area contributed by atoms with Crippen molar-refractivity contribution in [1.29, 1.82) is 0 Å². The van der Waals surface area contributed by atoms with E-state index in [0.717, 1.165) is 25.2 Å². The lowest BCUT2D eigenvalue weighted by Crippen LogP contribution is -2.50. The molecule has 3 N–H and O–H groups in total. The monoisotopic (exact) mass is 234 g/mol. The van der Waals surface area contributed by atoms with Gasteiger partial charge in [0.25, 0.3) is 0 Å². The molecule has 4 heteroatoms. The number of carboxylic acid groups (broad SMARTS) is 1. The SMILES string of the molecule is C[C@H](c1cccc(C(=O)O)c1)C1CNCCN1. The Hall–Kier alpha value is -1.39. The Morgan fingerprint density at radius 2 is 2.29 bits per heavy atom. The number of benzene rings is 1. The number of hydrogen-bond donors (Lipinski definition) is 3. The number of carbonyl (C=O) groups is 1. The highest BCUT2D eigenvalue weighted by Gasteiger charge is 2.21. The van der Waals surface area contributed by atoms with E-state index in [0.29, 0.717) is 17.5 Å². The van der Waals surface area contributed by atoms with Crippen molar-refractivity contribution in [2.75, 3.05) is 19.6 Å². The molecular formula is C13H18N2O2. The molecule has 2 rings (SSSR count). The minimum Gasteiger partial charge on any atom is -0.478 e. The summed E-state index contributed by atoms with van der Waals surface area (Å²) in [5, 5.41) is 15.8. The van der Waals surface area contributed by atoms with Crippen LogP contribution >= 0.6 is 0 Å². The van der Waals surface area contributed by atoms with E-state index in [1.807, 2.05) is 12.1 Å². The van der Waals surface area contributed by atoms with Gasteiger partial charge >= 0.3 is 5.97 Å². The van der Waals surface area contributed by atoms with Gasteiger partial charge in [0.15, 0.2) is 0 Å². The van der Waals surface area contributed by atoms with E-state index in [9.17, 15) is 4.79 Å². The standard InChI is InChI=1S/C13H18N2O2/c1-9(12-8-14-5-6-15-12)10-3-2-4-11(7-10)13(16)17/h2-4,7,9,12,14-15H,5-6,8H2,1H3,(H,16,17)/t9-,12?/m1/s1. The lowest BCUT2D eigenvalue weighted by atomic mass is 9.91. The molecule has 1 fully saturated rings. The molecule has 0 radical (unpaired) electrons. The summed E-state index contributed by atoms with van der Waals surface area (Å²) in [4.78, 5) is 10.9. The number of nitrogens with one attached hydrogen (secondary N) is 2. The van der Waals surface area contributed by atoms with E-state index < -0.39 is 5.97 Å². The molecule has 2 atom stereocenters. The van der Waals surface area contributed by atoms with Gasteiger partial charge in [-0.1, -0.05) is 19.1 Å². The van der Waals surface area contributed by atoms with Crippen LogP contribution in [-0.2, 0) is 0 Å². The number of rotatable bonds is 3. The van der Waals surface area contributed by atoms with Gasteiger partial charge in [0.05, 0.1) is 5.56 Å². The largest absolute Gasteiger partial charge is 0.478 e. The highest BCUT2D eigenvalue weighted by atomic mass is 16.4. The van der Waals surface area contributed by atoms with Crippen LogP contribution in [0.4, 0.5) is 0 Å². The van der Waals surface area contributed by atoms with E-state index in [2.05, 4.69) is 17.6 Å². The lowest BCUT2D eigenvalue weighted by Gasteiger charge is -2.30. The third-order valence-corrected chi connectivity index (χ3v) is 3.34. The highest BCUT2D eigenvalue weighted by molar-refractivity contribution is 5.87. The van der Waals surface area contributed by atoms with Gasteiger partial charge in [-0.2, -0.15) is 0 Å². The average molecular weight is 234 g/mol.